The quantitative estimate of drug-likeness (QED) is 0.806. The normalized spacial score (nSPS) is 10.5. The Morgan fingerprint density at radius 1 is 1.41 bits per heavy atom. The van der Waals surface area contributed by atoms with Crippen LogP contribution in [0.2, 0.25) is 10.0 Å². The van der Waals surface area contributed by atoms with Gasteiger partial charge in [-0.3, -0.25) is 14.5 Å². The lowest BCUT2D eigenvalue weighted by Gasteiger charge is -2.05. The third-order valence-electron chi connectivity index (χ3n) is 2.28. The highest BCUT2D eigenvalue weighted by molar-refractivity contribution is 6.37. The standard InChI is InChI=1S/C11H9Cl2N3O/c1-2-16-10(8(13)6-15-16)11(17)9-7(12)4-3-5-14-9/h3-6H,2H2,1H3. The summed E-state index contributed by atoms with van der Waals surface area (Å²) in [5.74, 6) is -0.319. The van der Waals surface area contributed by atoms with Crippen molar-refractivity contribution in [3.05, 3.63) is 46.0 Å². The third-order valence-corrected chi connectivity index (χ3v) is 2.86. The molecule has 0 unspecified atom stereocenters. The van der Waals surface area contributed by atoms with Crippen LogP contribution in [0, 0.1) is 0 Å². The maximum atomic E-state index is 12.2. The van der Waals surface area contributed by atoms with Gasteiger partial charge >= 0.3 is 0 Å². The van der Waals surface area contributed by atoms with Crippen LogP contribution in [0.3, 0.4) is 0 Å². The molecule has 2 aromatic rings. The zero-order valence-corrected chi connectivity index (χ0v) is 10.5. The number of aromatic nitrogens is 3. The molecule has 2 rings (SSSR count). The summed E-state index contributed by atoms with van der Waals surface area (Å²) in [6, 6.07) is 3.28. The molecule has 4 nitrogen and oxygen atoms in total. The first kappa shape index (κ1) is 12.1. The minimum absolute atomic E-state index is 0.186. The second-order valence-electron chi connectivity index (χ2n) is 3.32. The summed E-state index contributed by atoms with van der Waals surface area (Å²) >= 11 is 11.9. The van der Waals surface area contributed by atoms with Crippen molar-refractivity contribution in [2.24, 2.45) is 0 Å². The van der Waals surface area contributed by atoms with Gasteiger partial charge in [0, 0.05) is 12.7 Å². The van der Waals surface area contributed by atoms with Crippen LogP contribution in [0.25, 0.3) is 0 Å². The Bertz CT molecular complexity index is 566. The van der Waals surface area contributed by atoms with Crippen LogP contribution in [-0.4, -0.2) is 20.5 Å². The number of halogens is 2. The Kier molecular flexibility index (Phi) is 3.45. The number of carbonyl (C=O) groups is 1. The van der Waals surface area contributed by atoms with E-state index in [0.29, 0.717) is 22.3 Å². The summed E-state index contributed by atoms with van der Waals surface area (Å²) < 4.78 is 1.52. The highest BCUT2D eigenvalue weighted by Crippen LogP contribution is 2.22. The monoisotopic (exact) mass is 269 g/mol. The number of hydrogen-bond donors (Lipinski definition) is 0. The van der Waals surface area contributed by atoms with Crippen molar-refractivity contribution in [2.75, 3.05) is 0 Å². The summed E-state index contributed by atoms with van der Waals surface area (Å²) in [7, 11) is 0. The fourth-order valence-electron chi connectivity index (χ4n) is 1.49. The average Bonchev–Trinajstić information content (AvgIpc) is 2.70. The van der Waals surface area contributed by atoms with Crippen molar-refractivity contribution in [2.45, 2.75) is 13.5 Å². The molecule has 17 heavy (non-hydrogen) atoms. The van der Waals surface area contributed by atoms with Gasteiger partial charge in [-0.15, -0.1) is 0 Å². The van der Waals surface area contributed by atoms with E-state index in [1.54, 1.807) is 12.1 Å². The molecule has 0 amide bonds. The first-order valence-electron chi connectivity index (χ1n) is 5.01. The topological polar surface area (TPSA) is 47.8 Å². The van der Waals surface area contributed by atoms with Gasteiger partial charge in [0.05, 0.1) is 16.2 Å². The van der Waals surface area contributed by atoms with Crippen molar-refractivity contribution in [3.8, 4) is 0 Å². The fraction of sp³-hybridized carbons (Fsp3) is 0.182. The molecule has 2 aromatic heterocycles. The van der Waals surface area contributed by atoms with Crippen LogP contribution < -0.4 is 0 Å². The molecule has 0 spiro atoms. The van der Waals surface area contributed by atoms with Crippen molar-refractivity contribution in [3.63, 3.8) is 0 Å². The Morgan fingerprint density at radius 3 is 2.82 bits per heavy atom. The molecule has 6 heteroatoms. The summed E-state index contributed by atoms with van der Waals surface area (Å²) in [5, 5.41) is 4.61. The van der Waals surface area contributed by atoms with E-state index < -0.39 is 0 Å². The van der Waals surface area contributed by atoms with E-state index in [1.807, 2.05) is 6.92 Å². The zero-order chi connectivity index (χ0) is 12.4. The Labute approximate surface area is 108 Å². The summed E-state index contributed by atoms with van der Waals surface area (Å²) in [4.78, 5) is 16.2. The smallest absolute Gasteiger partial charge is 0.232 e. The average molecular weight is 270 g/mol. The number of carbonyl (C=O) groups excluding carboxylic acids is 1. The highest BCUT2D eigenvalue weighted by Gasteiger charge is 2.21. The number of hydrogen-bond acceptors (Lipinski definition) is 3. The number of aryl methyl sites for hydroxylation is 1. The minimum Gasteiger partial charge on any atom is -0.285 e. The fourth-order valence-corrected chi connectivity index (χ4v) is 1.93. The Hall–Kier alpha value is -1.39. The lowest BCUT2D eigenvalue weighted by atomic mass is 10.2. The molecular formula is C11H9Cl2N3O. The molecule has 0 saturated heterocycles. The molecule has 0 saturated carbocycles. The summed E-state index contributed by atoms with van der Waals surface area (Å²) in [6.45, 7) is 2.43. The van der Waals surface area contributed by atoms with Crippen molar-refractivity contribution in [1.82, 2.24) is 14.8 Å². The molecule has 0 radical (unpaired) electrons. The van der Waals surface area contributed by atoms with Crippen molar-refractivity contribution in [1.29, 1.82) is 0 Å². The first-order chi connectivity index (χ1) is 8.15. The maximum Gasteiger partial charge on any atom is 0.232 e. The van der Waals surface area contributed by atoms with Gasteiger partial charge in [0.25, 0.3) is 0 Å². The maximum absolute atomic E-state index is 12.2. The van der Waals surface area contributed by atoms with E-state index in [-0.39, 0.29) is 11.5 Å². The van der Waals surface area contributed by atoms with Crippen LogP contribution in [0.5, 0.6) is 0 Å². The predicted octanol–water partition coefficient (Wildman–Crippen LogP) is 2.84. The zero-order valence-electron chi connectivity index (χ0n) is 9.02. The van der Waals surface area contributed by atoms with E-state index in [4.69, 9.17) is 23.2 Å². The van der Waals surface area contributed by atoms with Crippen LogP contribution in [0.1, 0.15) is 23.1 Å². The van der Waals surface area contributed by atoms with Gasteiger partial charge < -0.3 is 0 Å². The number of pyridine rings is 1. The van der Waals surface area contributed by atoms with Gasteiger partial charge in [0.2, 0.25) is 5.78 Å². The summed E-state index contributed by atoms with van der Waals surface area (Å²) in [6.07, 6.45) is 2.95. The van der Waals surface area contributed by atoms with Gasteiger partial charge in [-0.25, -0.2) is 0 Å². The van der Waals surface area contributed by atoms with E-state index in [9.17, 15) is 4.79 Å². The number of rotatable bonds is 3. The molecule has 0 bridgehead atoms. The third kappa shape index (κ3) is 2.18. The molecule has 0 aliphatic carbocycles. The molecule has 0 aliphatic rings. The molecular weight excluding hydrogens is 261 g/mol. The molecule has 0 aromatic carbocycles. The second-order valence-corrected chi connectivity index (χ2v) is 4.13. The van der Waals surface area contributed by atoms with E-state index in [2.05, 4.69) is 10.1 Å². The lowest BCUT2D eigenvalue weighted by Crippen LogP contribution is -2.12. The predicted molar refractivity (Wildman–Crippen MR) is 65.6 cm³/mol. The lowest BCUT2D eigenvalue weighted by molar-refractivity contribution is 0.102. The molecule has 0 N–H and O–H groups in total. The van der Waals surface area contributed by atoms with E-state index in [1.165, 1.54) is 17.1 Å². The van der Waals surface area contributed by atoms with Gasteiger partial charge in [-0.1, -0.05) is 23.2 Å². The Morgan fingerprint density at radius 2 is 2.18 bits per heavy atom. The first-order valence-corrected chi connectivity index (χ1v) is 5.77. The van der Waals surface area contributed by atoms with Crippen LogP contribution in [0.4, 0.5) is 0 Å². The van der Waals surface area contributed by atoms with Gasteiger partial charge in [0.1, 0.15) is 11.4 Å². The van der Waals surface area contributed by atoms with Gasteiger partial charge in [-0.05, 0) is 19.1 Å². The molecule has 88 valence electrons. The number of nitrogens with zero attached hydrogens (tertiary/aromatic N) is 3. The van der Waals surface area contributed by atoms with Crippen LogP contribution >= 0.6 is 23.2 Å². The van der Waals surface area contributed by atoms with Gasteiger partial charge in [-0.2, -0.15) is 5.10 Å². The highest BCUT2D eigenvalue weighted by atomic mass is 35.5. The molecule has 0 aliphatic heterocycles. The minimum atomic E-state index is -0.319. The van der Waals surface area contributed by atoms with Crippen LogP contribution in [0.15, 0.2) is 24.5 Å². The largest absolute Gasteiger partial charge is 0.285 e. The summed E-state index contributed by atoms with van der Waals surface area (Å²) in [5.41, 5.74) is 0.501. The number of ketones is 1. The SMILES string of the molecule is CCn1ncc(Cl)c1C(=O)c1ncccc1Cl. The molecule has 2 heterocycles. The second kappa shape index (κ2) is 4.85. The van der Waals surface area contributed by atoms with Crippen molar-refractivity contribution < 1.29 is 4.79 Å². The molecule has 0 fully saturated rings. The van der Waals surface area contributed by atoms with Crippen LogP contribution in [-0.2, 0) is 6.54 Å². The Balaban J connectivity index is 2.51. The van der Waals surface area contributed by atoms with Crippen molar-refractivity contribution >= 4 is 29.0 Å². The van der Waals surface area contributed by atoms with Gasteiger partial charge in [0.15, 0.2) is 0 Å². The van der Waals surface area contributed by atoms with E-state index in [0.717, 1.165) is 0 Å². The van der Waals surface area contributed by atoms with E-state index >= 15 is 0 Å². The molecule has 0 atom stereocenters.